The molecule has 1 heterocycles. The Morgan fingerprint density at radius 3 is 2.52 bits per heavy atom. The minimum atomic E-state index is -3.68. The molecule has 2 amide bonds. The Hall–Kier alpha value is -1.93. The summed E-state index contributed by atoms with van der Waals surface area (Å²) in [5.74, 6) is -1.57. The molecule has 1 N–H and O–H groups in total. The molecule has 1 aliphatic rings. The predicted molar refractivity (Wildman–Crippen MR) is 97.0 cm³/mol. The van der Waals surface area contributed by atoms with Crippen LogP contribution < -0.4 is 9.62 Å². The van der Waals surface area contributed by atoms with Crippen LogP contribution in [0.3, 0.4) is 0 Å². The topological polar surface area (TPSA) is 86.8 Å². The van der Waals surface area contributed by atoms with Crippen molar-refractivity contribution in [2.75, 3.05) is 30.7 Å². The van der Waals surface area contributed by atoms with E-state index in [-0.39, 0.29) is 22.9 Å². The summed E-state index contributed by atoms with van der Waals surface area (Å²) < 4.78 is 25.2. The van der Waals surface area contributed by atoms with Gasteiger partial charge in [-0.25, -0.2) is 12.7 Å². The van der Waals surface area contributed by atoms with E-state index in [1.165, 1.54) is 12.1 Å². The molecule has 0 spiro atoms. The number of nitrogens with one attached hydrogen (secondary N) is 1. The fraction of sp³-hybridized carbons (Fsp3) is 0.529. The lowest BCUT2D eigenvalue weighted by atomic mass is 10.0. The van der Waals surface area contributed by atoms with Crippen LogP contribution >= 0.6 is 0 Å². The molecule has 138 valence electrons. The van der Waals surface area contributed by atoms with Crippen LogP contribution in [-0.4, -0.2) is 57.1 Å². The van der Waals surface area contributed by atoms with Gasteiger partial charge in [0.25, 0.3) is 5.91 Å². The molecule has 1 saturated heterocycles. The zero-order chi connectivity index (χ0) is 19.0. The first-order valence-corrected chi connectivity index (χ1v) is 9.69. The Morgan fingerprint density at radius 2 is 2.00 bits per heavy atom. The van der Waals surface area contributed by atoms with Crippen molar-refractivity contribution in [1.82, 2.24) is 10.2 Å². The molecule has 0 radical (unpaired) electrons. The number of anilines is 1. The van der Waals surface area contributed by atoms with Crippen molar-refractivity contribution in [2.24, 2.45) is 5.92 Å². The molecule has 25 heavy (non-hydrogen) atoms. The van der Waals surface area contributed by atoms with Crippen LogP contribution in [0, 0.1) is 5.92 Å². The highest BCUT2D eigenvalue weighted by molar-refractivity contribution is 7.94. The van der Waals surface area contributed by atoms with Gasteiger partial charge >= 0.3 is 0 Å². The van der Waals surface area contributed by atoms with Crippen LogP contribution in [0.25, 0.3) is 0 Å². The number of benzene rings is 1. The van der Waals surface area contributed by atoms with E-state index >= 15 is 0 Å². The van der Waals surface area contributed by atoms with Gasteiger partial charge in [0, 0.05) is 17.6 Å². The number of hydrogen-bond acceptors (Lipinski definition) is 5. The van der Waals surface area contributed by atoms with Gasteiger partial charge in [-0.2, -0.15) is 0 Å². The summed E-state index contributed by atoms with van der Waals surface area (Å²) in [6, 6.07) is 6.13. The summed E-state index contributed by atoms with van der Waals surface area (Å²) in [5.41, 5.74) is 0.292. The lowest BCUT2D eigenvalue weighted by Gasteiger charge is -2.32. The van der Waals surface area contributed by atoms with E-state index in [0.717, 1.165) is 4.31 Å². The summed E-state index contributed by atoms with van der Waals surface area (Å²) in [4.78, 5) is 26.6. The number of sulfonamides is 1. The molecule has 0 aliphatic carbocycles. The van der Waals surface area contributed by atoms with E-state index in [1.807, 2.05) is 32.8 Å². The monoisotopic (exact) mass is 367 g/mol. The van der Waals surface area contributed by atoms with Gasteiger partial charge in [0.2, 0.25) is 15.9 Å². The van der Waals surface area contributed by atoms with Crippen molar-refractivity contribution in [2.45, 2.75) is 26.3 Å². The largest absolute Gasteiger partial charge is 0.350 e. The number of likely N-dealkylation sites (N-methyl/N-ethyl adjacent to an activating group) is 1. The number of carbonyl (C=O) groups is 2. The summed E-state index contributed by atoms with van der Waals surface area (Å²) >= 11 is 0. The second-order valence-electron chi connectivity index (χ2n) is 7.22. The van der Waals surface area contributed by atoms with Crippen molar-refractivity contribution in [1.29, 1.82) is 0 Å². The lowest BCUT2D eigenvalue weighted by Crippen LogP contribution is -2.48. The van der Waals surface area contributed by atoms with Gasteiger partial charge in [0.1, 0.15) is 0 Å². The molecule has 7 nitrogen and oxygen atoms in total. The van der Waals surface area contributed by atoms with Crippen LogP contribution in [0.2, 0.25) is 0 Å². The summed E-state index contributed by atoms with van der Waals surface area (Å²) in [6.07, 6.45) is 0. The minimum absolute atomic E-state index is 0.203. The molecule has 0 saturated carbocycles. The SMILES string of the molecule is CC1CS(=O)(=O)N(c2cccc(C(=O)NCC(C)(C)N(C)C)c2)C1=O. The first-order chi connectivity index (χ1) is 11.5. The normalized spacial score (nSPS) is 20.2. The van der Waals surface area contributed by atoms with E-state index < -0.39 is 21.8 Å². The summed E-state index contributed by atoms with van der Waals surface area (Å²) in [7, 11) is 0.174. The van der Waals surface area contributed by atoms with Gasteiger partial charge in [0.05, 0.1) is 17.4 Å². The average molecular weight is 367 g/mol. The summed E-state index contributed by atoms with van der Waals surface area (Å²) in [5, 5.41) is 2.85. The molecule has 1 atom stereocenters. The molecule has 1 fully saturated rings. The number of amides is 2. The van der Waals surface area contributed by atoms with E-state index in [2.05, 4.69) is 5.32 Å². The Balaban J connectivity index is 2.22. The fourth-order valence-electron chi connectivity index (χ4n) is 2.42. The quantitative estimate of drug-likeness (QED) is 0.841. The van der Waals surface area contributed by atoms with Crippen molar-refractivity contribution in [3.8, 4) is 0 Å². The molecule has 2 rings (SSSR count). The van der Waals surface area contributed by atoms with Crippen LogP contribution in [-0.2, 0) is 14.8 Å². The average Bonchev–Trinajstić information content (AvgIpc) is 2.72. The third-order valence-electron chi connectivity index (χ3n) is 4.60. The molecule has 1 aliphatic heterocycles. The van der Waals surface area contributed by atoms with Crippen molar-refractivity contribution < 1.29 is 18.0 Å². The molecule has 8 heteroatoms. The maximum absolute atomic E-state index is 12.4. The first kappa shape index (κ1) is 19.4. The molecule has 1 aromatic carbocycles. The third-order valence-corrected chi connectivity index (χ3v) is 6.46. The van der Waals surface area contributed by atoms with Gasteiger partial charge in [-0.3, -0.25) is 9.59 Å². The standard InChI is InChI=1S/C17H25N3O4S/c1-12-10-25(23,24)20(16(12)22)14-8-6-7-13(9-14)15(21)18-11-17(2,3)19(4)5/h6-9,12H,10-11H2,1-5H3,(H,18,21). The molecule has 0 aromatic heterocycles. The smallest absolute Gasteiger partial charge is 0.251 e. The molecular weight excluding hydrogens is 342 g/mol. The molecule has 1 aromatic rings. The minimum Gasteiger partial charge on any atom is -0.350 e. The van der Waals surface area contributed by atoms with Crippen LogP contribution in [0.15, 0.2) is 24.3 Å². The second kappa shape index (κ2) is 6.76. The number of carbonyl (C=O) groups excluding carboxylic acids is 2. The molecular formula is C17H25N3O4S. The second-order valence-corrected chi connectivity index (χ2v) is 9.08. The Kier molecular flexibility index (Phi) is 5.24. The molecule has 0 bridgehead atoms. The molecule has 1 unspecified atom stereocenters. The Labute approximate surface area is 149 Å². The number of nitrogens with zero attached hydrogens (tertiary/aromatic N) is 2. The Bertz CT molecular complexity index is 787. The van der Waals surface area contributed by atoms with Gasteiger partial charge in [0.15, 0.2) is 0 Å². The van der Waals surface area contributed by atoms with E-state index in [1.54, 1.807) is 19.1 Å². The number of rotatable bonds is 5. The zero-order valence-corrected chi connectivity index (χ0v) is 16.1. The van der Waals surface area contributed by atoms with Crippen LogP contribution in [0.4, 0.5) is 5.69 Å². The van der Waals surface area contributed by atoms with Crippen molar-refractivity contribution in [3.63, 3.8) is 0 Å². The fourth-order valence-corrected chi connectivity index (χ4v) is 4.23. The Morgan fingerprint density at radius 1 is 1.36 bits per heavy atom. The first-order valence-electron chi connectivity index (χ1n) is 8.08. The van der Waals surface area contributed by atoms with Crippen LogP contribution in [0.5, 0.6) is 0 Å². The van der Waals surface area contributed by atoms with E-state index in [4.69, 9.17) is 0 Å². The van der Waals surface area contributed by atoms with Gasteiger partial charge < -0.3 is 10.2 Å². The summed E-state index contributed by atoms with van der Waals surface area (Å²) in [6.45, 7) is 6.02. The lowest BCUT2D eigenvalue weighted by molar-refractivity contribution is -0.119. The maximum atomic E-state index is 12.4. The third kappa shape index (κ3) is 4.01. The van der Waals surface area contributed by atoms with Gasteiger partial charge in [-0.15, -0.1) is 0 Å². The highest BCUT2D eigenvalue weighted by Crippen LogP contribution is 2.28. The zero-order valence-electron chi connectivity index (χ0n) is 15.2. The van der Waals surface area contributed by atoms with E-state index in [9.17, 15) is 18.0 Å². The van der Waals surface area contributed by atoms with Crippen molar-refractivity contribution in [3.05, 3.63) is 29.8 Å². The van der Waals surface area contributed by atoms with Crippen molar-refractivity contribution >= 4 is 27.5 Å². The maximum Gasteiger partial charge on any atom is 0.251 e. The number of hydrogen-bond donors (Lipinski definition) is 1. The van der Waals surface area contributed by atoms with Gasteiger partial charge in [-0.1, -0.05) is 13.0 Å². The van der Waals surface area contributed by atoms with Crippen LogP contribution in [0.1, 0.15) is 31.1 Å². The van der Waals surface area contributed by atoms with Gasteiger partial charge in [-0.05, 0) is 46.1 Å². The highest BCUT2D eigenvalue weighted by Gasteiger charge is 2.42. The van der Waals surface area contributed by atoms with E-state index in [0.29, 0.717) is 12.1 Å². The highest BCUT2D eigenvalue weighted by atomic mass is 32.2. The predicted octanol–water partition coefficient (Wildman–Crippen LogP) is 1.07.